The Morgan fingerprint density at radius 2 is 1.00 bits per heavy atom. The highest BCUT2D eigenvalue weighted by atomic mass is 16.3. The molecule has 0 radical (unpaired) electrons. The number of hydrogen-bond acceptors (Lipinski definition) is 5. The van der Waals surface area contributed by atoms with E-state index in [0.717, 1.165) is 77.2 Å². The van der Waals surface area contributed by atoms with Crippen molar-refractivity contribution < 1.29 is 4.42 Å². The number of rotatable bonds is 5. The van der Waals surface area contributed by atoms with Crippen LogP contribution in [-0.2, 0) is 0 Å². The van der Waals surface area contributed by atoms with Crippen LogP contribution in [0.3, 0.4) is 0 Å². The maximum atomic E-state index is 6.38. The van der Waals surface area contributed by atoms with Gasteiger partial charge in [-0.2, -0.15) is 0 Å². The summed E-state index contributed by atoms with van der Waals surface area (Å²) in [5.41, 5.74) is 9.53. The van der Waals surface area contributed by atoms with Crippen molar-refractivity contribution in [2.75, 3.05) is 0 Å². The summed E-state index contributed by atoms with van der Waals surface area (Å²) in [7, 11) is 0. The van der Waals surface area contributed by atoms with E-state index in [1.807, 2.05) is 42.7 Å². The standard InChI is InChI=1S/C48H29N5O/c1-2-12-31-25-35(24-23-30(31)11-1)48-51-46(33-14-9-13-32(26-33)40-28-49-29-41-39-19-5-8-22-44(39)54-45(40)41)50-47(52-48)34-15-10-16-36(27-34)53-42-20-6-3-17-37(42)38-18-4-7-21-43(38)53/h1-29H. The lowest BCUT2D eigenvalue weighted by Gasteiger charge is -2.12. The van der Waals surface area contributed by atoms with Crippen LogP contribution in [0.2, 0.25) is 0 Å². The van der Waals surface area contributed by atoms with Crippen LogP contribution < -0.4 is 0 Å². The molecule has 0 spiro atoms. The Bertz CT molecular complexity index is 3200. The normalized spacial score (nSPS) is 11.7. The first-order valence-corrected chi connectivity index (χ1v) is 18.0. The van der Waals surface area contributed by atoms with E-state index in [2.05, 4.69) is 143 Å². The quantitative estimate of drug-likeness (QED) is 0.180. The summed E-state index contributed by atoms with van der Waals surface area (Å²) in [5, 5.41) is 6.75. The molecule has 0 aliphatic carbocycles. The van der Waals surface area contributed by atoms with Crippen molar-refractivity contribution >= 4 is 54.5 Å². The lowest BCUT2D eigenvalue weighted by molar-refractivity contribution is 0.669. The zero-order valence-corrected chi connectivity index (χ0v) is 28.9. The fraction of sp³-hybridized carbons (Fsp3) is 0. The Balaban J connectivity index is 1.09. The third-order valence-corrected chi connectivity index (χ3v) is 10.3. The van der Waals surface area contributed by atoms with Crippen molar-refractivity contribution in [3.8, 4) is 51.0 Å². The summed E-state index contributed by atoms with van der Waals surface area (Å²) < 4.78 is 8.70. The summed E-state index contributed by atoms with van der Waals surface area (Å²) >= 11 is 0. The minimum atomic E-state index is 0.581. The molecule has 4 heterocycles. The predicted octanol–water partition coefficient (Wildman–Crippen LogP) is 12.1. The maximum absolute atomic E-state index is 6.38. The van der Waals surface area contributed by atoms with Crippen molar-refractivity contribution in [2.45, 2.75) is 0 Å². The van der Waals surface area contributed by atoms with Gasteiger partial charge in [0.1, 0.15) is 11.2 Å². The van der Waals surface area contributed by atoms with E-state index < -0.39 is 0 Å². The fourth-order valence-corrected chi connectivity index (χ4v) is 7.75. The van der Waals surface area contributed by atoms with Gasteiger partial charge in [0.15, 0.2) is 17.5 Å². The van der Waals surface area contributed by atoms with Crippen LogP contribution in [0.1, 0.15) is 0 Å². The highest BCUT2D eigenvalue weighted by Crippen LogP contribution is 2.37. The van der Waals surface area contributed by atoms with Crippen molar-refractivity contribution in [3.05, 3.63) is 176 Å². The van der Waals surface area contributed by atoms with E-state index in [0.29, 0.717) is 17.5 Å². The molecule has 6 heteroatoms. The second-order valence-electron chi connectivity index (χ2n) is 13.5. The Labute approximate surface area is 309 Å². The van der Waals surface area contributed by atoms with Gasteiger partial charge in [0.2, 0.25) is 0 Å². The molecule has 0 atom stereocenters. The lowest BCUT2D eigenvalue weighted by Crippen LogP contribution is -2.01. The number of fused-ring (bicyclic) bond motifs is 7. The summed E-state index contributed by atoms with van der Waals surface area (Å²) in [6, 6.07) is 56.6. The van der Waals surface area contributed by atoms with Gasteiger partial charge in [0.25, 0.3) is 0 Å². The number of furan rings is 1. The third kappa shape index (κ3) is 4.89. The van der Waals surface area contributed by atoms with E-state index in [4.69, 9.17) is 19.4 Å². The first kappa shape index (κ1) is 30.2. The first-order chi connectivity index (χ1) is 26.7. The molecule has 0 N–H and O–H groups in total. The van der Waals surface area contributed by atoms with Crippen molar-refractivity contribution in [2.24, 2.45) is 0 Å². The van der Waals surface area contributed by atoms with Crippen molar-refractivity contribution in [1.29, 1.82) is 0 Å². The molecule has 4 aromatic heterocycles. The number of aromatic nitrogens is 5. The number of nitrogens with zero attached hydrogens (tertiary/aromatic N) is 5. The van der Waals surface area contributed by atoms with Gasteiger partial charge in [-0.25, -0.2) is 15.0 Å². The zero-order chi connectivity index (χ0) is 35.6. The Morgan fingerprint density at radius 3 is 1.76 bits per heavy atom. The molecule has 0 bridgehead atoms. The maximum Gasteiger partial charge on any atom is 0.164 e. The highest BCUT2D eigenvalue weighted by Gasteiger charge is 2.18. The van der Waals surface area contributed by atoms with Gasteiger partial charge < -0.3 is 8.98 Å². The van der Waals surface area contributed by atoms with Gasteiger partial charge in [-0.15, -0.1) is 0 Å². The van der Waals surface area contributed by atoms with E-state index in [-0.39, 0.29) is 0 Å². The predicted molar refractivity (Wildman–Crippen MR) is 218 cm³/mol. The molecule has 11 rings (SSSR count). The summed E-state index contributed by atoms with van der Waals surface area (Å²) in [4.78, 5) is 20.0. The summed E-state index contributed by atoms with van der Waals surface area (Å²) in [5.74, 6) is 1.78. The molecule has 11 aromatic rings. The van der Waals surface area contributed by atoms with E-state index >= 15 is 0 Å². The average molecular weight is 692 g/mol. The van der Waals surface area contributed by atoms with E-state index in [9.17, 15) is 0 Å². The largest absolute Gasteiger partial charge is 0.455 e. The molecule has 54 heavy (non-hydrogen) atoms. The second kappa shape index (κ2) is 12.1. The van der Waals surface area contributed by atoms with Gasteiger partial charge >= 0.3 is 0 Å². The SMILES string of the molecule is c1cc(-c2nc(-c3cccc(-n4c5ccccc5c5ccccc54)c3)nc(-c3ccc4ccccc4c3)n2)cc(-c2cncc3c2oc2ccccc23)c1. The van der Waals surface area contributed by atoms with Gasteiger partial charge in [-0.1, -0.05) is 121 Å². The molecule has 0 aliphatic rings. The van der Waals surface area contributed by atoms with Gasteiger partial charge in [-0.05, 0) is 58.8 Å². The van der Waals surface area contributed by atoms with Gasteiger partial charge in [0, 0.05) is 61.9 Å². The number of para-hydroxylation sites is 3. The van der Waals surface area contributed by atoms with Crippen LogP contribution in [0.15, 0.2) is 181 Å². The molecule has 7 aromatic carbocycles. The molecule has 0 amide bonds. The monoisotopic (exact) mass is 691 g/mol. The lowest BCUT2D eigenvalue weighted by atomic mass is 10.0. The molecule has 0 fully saturated rings. The third-order valence-electron chi connectivity index (χ3n) is 10.3. The smallest absolute Gasteiger partial charge is 0.164 e. The molecule has 0 saturated heterocycles. The zero-order valence-electron chi connectivity index (χ0n) is 28.9. The summed E-state index contributed by atoms with van der Waals surface area (Å²) in [6.45, 7) is 0. The topological polar surface area (TPSA) is 69.6 Å². The molecule has 0 unspecified atom stereocenters. The van der Waals surface area contributed by atoms with Gasteiger partial charge in [-0.3, -0.25) is 4.98 Å². The number of pyridine rings is 1. The molecule has 252 valence electrons. The summed E-state index contributed by atoms with van der Waals surface area (Å²) in [6.07, 6.45) is 3.74. The minimum Gasteiger partial charge on any atom is -0.455 e. The van der Waals surface area contributed by atoms with Crippen LogP contribution in [0.4, 0.5) is 0 Å². The Morgan fingerprint density at radius 1 is 0.407 bits per heavy atom. The van der Waals surface area contributed by atoms with Gasteiger partial charge in [0.05, 0.1) is 11.0 Å². The van der Waals surface area contributed by atoms with Crippen LogP contribution in [-0.4, -0.2) is 24.5 Å². The Kier molecular flexibility index (Phi) is 6.75. The number of benzene rings is 7. The van der Waals surface area contributed by atoms with E-state index in [1.54, 1.807) is 0 Å². The van der Waals surface area contributed by atoms with Crippen LogP contribution >= 0.6 is 0 Å². The fourth-order valence-electron chi connectivity index (χ4n) is 7.75. The molecule has 0 aliphatic heterocycles. The van der Waals surface area contributed by atoms with Crippen molar-refractivity contribution in [1.82, 2.24) is 24.5 Å². The second-order valence-corrected chi connectivity index (χ2v) is 13.5. The van der Waals surface area contributed by atoms with Crippen molar-refractivity contribution in [3.63, 3.8) is 0 Å². The van der Waals surface area contributed by atoms with E-state index in [1.165, 1.54) is 10.8 Å². The van der Waals surface area contributed by atoms with Crippen LogP contribution in [0, 0.1) is 0 Å². The molecule has 6 nitrogen and oxygen atoms in total. The highest BCUT2D eigenvalue weighted by molar-refractivity contribution is 6.10. The average Bonchev–Trinajstić information content (AvgIpc) is 3.80. The van der Waals surface area contributed by atoms with Crippen LogP contribution in [0.5, 0.6) is 0 Å². The molecule has 0 saturated carbocycles. The Hall–Kier alpha value is -7.44. The molecular formula is C48H29N5O. The molecular weight excluding hydrogens is 663 g/mol. The number of hydrogen-bond donors (Lipinski definition) is 0. The first-order valence-electron chi connectivity index (χ1n) is 18.0. The minimum absolute atomic E-state index is 0.581. The van der Waals surface area contributed by atoms with Crippen LogP contribution in [0.25, 0.3) is 105 Å².